The van der Waals surface area contributed by atoms with Crippen molar-refractivity contribution in [1.82, 2.24) is 10.2 Å². The molecule has 1 unspecified atom stereocenters. The van der Waals surface area contributed by atoms with Crippen LogP contribution in [0.1, 0.15) is 44.4 Å². The molecule has 0 saturated heterocycles. The van der Waals surface area contributed by atoms with E-state index in [1.807, 2.05) is 48.5 Å². The molecule has 0 fully saturated rings. The highest BCUT2D eigenvalue weighted by atomic mass is 16.6. The monoisotopic (exact) mass is 411 g/mol. The maximum absolute atomic E-state index is 12.5. The molecule has 0 saturated carbocycles. The zero-order valence-electron chi connectivity index (χ0n) is 18.1. The molecule has 6 heteroatoms. The first-order valence-electron chi connectivity index (χ1n) is 10.5. The van der Waals surface area contributed by atoms with Crippen molar-refractivity contribution in [3.63, 3.8) is 0 Å². The molecule has 2 aromatic carbocycles. The van der Waals surface area contributed by atoms with Crippen molar-refractivity contribution in [2.45, 2.75) is 39.8 Å². The fourth-order valence-electron chi connectivity index (χ4n) is 3.39. The number of alkyl carbamates (subject to hydrolysis) is 1. The second-order valence-electron chi connectivity index (χ2n) is 7.77. The van der Waals surface area contributed by atoms with Crippen LogP contribution in [0.15, 0.2) is 54.6 Å². The molecular weight excluding hydrogens is 378 g/mol. The van der Waals surface area contributed by atoms with Crippen LogP contribution in [0.4, 0.5) is 10.5 Å². The Kier molecular flexibility index (Phi) is 9.87. The summed E-state index contributed by atoms with van der Waals surface area (Å²) in [6, 6.07) is 17.2. The second-order valence-corrected chi connectivity index (χ2v) is 7.77. The minimum Gasteiger partial charge on any atom is -0.440 e. The molecule has 0 aliphatic heterocycles. The van der Waals surface area contributed by atoms with E-state index in [0.29, 0.717) is 31.1 Å². The number of benzene rings is 2. The first-order chi connectivity index (χ1) is 14.5. The predicted molar refractivity (Wildman–Crippen MR) is 120 cm³/mol. The summed E-state index contributed by atoms with van der Waals surface area (Å²) in [5, 5.41) is 5.43. The lowest BCUT2D eigenvalue weighted by atomic mass is 10.1. The minimum absolute atomic E-state index is 0.319. The molecule has 0 bridgehead atoms. The van der Waals surface area contributed by atoms with Gasteiger partial charge in [0.1, 0.15) is 6.10 Å². The van der Waals surface area contributed by atoms with Gasteiger partial charge in [-0.3, -0.25) is 9.69 Å². The van der Waals surface area contributed by atoms with Crippen LogP contribution in [-0.2, 0) is 16.1 Å². The van der Waals surface area contributed by atoms with Crippen LogP contribution in [-0.4, -0.2) is 37.0 Å². The number of anilines is 1. The smallest absolute Gasteiger partial charge is 0.408 e. The van der Waals surface area contributed by atoms with E-state index in [-0.39, 0.29) is 6.10 Å². The average molecular weight is 412 g/mol. The number of ether oxygens (including phenoxy) is 1. The molecule has 0 spiro atoms. The molecule has 0 radical (unpaired) electrons. The van der Waals surface area contributed by atoms with E-state index in [0.717, 1.165) is 30.6 Å². The van der Waals surface area contributed by atoms with Crippen molar-refractivity contribution in [3.05, 3.63) is 65.7 Å². The number of carbonyl (C=O) groups excluding carboxylic acids is 2. The van der Waals surface area contributed by atoms with Crippen molar-refractivity contribution in [2.75, 3.05) is 25.0 Å². The van der Waals surface area contributed by atoms with Crippen LogP contribution in [0.5, 0.6) is 0 Å². The number of nitrogens with zero attached hydrogens (tertiary/aromatic N) is 1. The predicted octanol–water partition coefficient (Wildman–Crippen LogP) is 4.59. The molecule has 2 N–H and O–H groups in total. The highest BCUT2D eigenvalue weighted by Crippen LogP contribution is 2.20. The van der Waals surface area contributed by atoms with Gasteiger partial charge in [-0.25, -0.2) is 4.79 Å². The maximum Gasteiger partial charge on any atom is 0.408 e. The van der Waals surface area contributed by atoms with E-state index >= 15 is 0 Å². The Bertz CT molecular complexity index is 780. The third-order valence-corrected chi connectivity index (χ3v) is 4.60. The molecular formula is C24H33N3O3. The SMILES string of the molecule is CCCN(CC(C)C)CC(OC(=O)NCc1cccc(NC=O)c1)c1ccccc1. The van der Waals surface area contributed by atoms with E-state index in [4.69, 9.17) is 4.74 Å². The zero-order chi connectivity index (χ0) is 21.8. The fourth-order valence-corrected chi connectivity index (χ4v) is 3.39. The zero-order valence-corrected chi connectivity index (χ0v) is 18.1. The van der Waals surface area contributed by atoms with Gasteiger partial charge in [-0.05, 0) is 42.1 Å². The summed E-state index contributed by atoms with van der Waals surface area (Å²) in [5.74, 6) is 0.536. The molecule has 0 heterocycles. The van der Waals surface area contributed by atoms with Crippen LogP contribution in [0.2, 0.25) is 0 Å². The van der Waals surface area contributed by atoms with Crippen LogP contribution in [0, 0.1) is 5.92 Å². The van der Waals surface area contributed by atoms with Gasteiger partial charge in [0, 0.05) is 25.3 Å². The van der Waals surface area contributed by atoms with Gasteiger partial charge in [0.2, 0.25) is 6.41 Å². The van der Waals surface area contributed by atoms with E-state index in [1.165, 1.54) is 0 Å². The topological polar surface area (TPSA) is 70.7 Å². The second kappa shape index (κ2) is 12.6. The average Bonchev–Trinajstić information content (AvgIpc) is 2.73. The Labute approximate surface area is 179 Å². The molecule has 30 heavy (non-hydrogen) atoms. The molecule has 6 nitrogen and oxygen atoms in total. The van der Waals surface area contributed by atoms with Gasteiger partial charge in [0.05, 0.1) is 0 Å². The summed E-state index contributed by atoms with van der Waals surface area (Å²) in [4.78, 5) is 25.5. The maximum atomic E-state index is 12.5. The molecule has 2 aromatic rings. The molecule has 0 aliphatic carbocycles. The van der Waals surface area contributed by atoms with E-state index in [9.17, 15) is 9.59 Å². The highest BCUT2D eigenvalue weighted by molar-refractivity contribution is 5.71. The Morgan fingerprint density at radius 3 is 2.53 bits per heavy atom. The third kappa shape index (κ3) is 8.25. The van der Waals surface area contributed by atoms with Gasteiger partial charge in [-0.2, -0.15) is 0 Å². The highest BCUT2D eigenvalue weighted by Gasteiger charge is 2.20. The first-order valence-corrected chi connectivity index (χ1v) is 10.5. The molecule has 2 rings (SSSR count). The van der Waals surface area contributed by atoms with Crippen molar-refractivity contribution in [3.8, 4) is 0 Å². The first kappa shape index (κ1) is 23.4. The Morgan fingerprint density at radius 1 is 1.10 bits per heavy atom. The lowest BCUT2D eigenvalue weighted by molar-refractivity contribution is -0.105. The van der Waals surface area contributed by atoms with Crippen molar-refractivity contribution >= 4 is 18.2 Å². The van der Waals surface area contributed by atoms with Gasteiger partial charge < -0.3 is 15.4 Å². The van der Waals surface area contributed by atoms with E-state index < -0.39 is 6.09 Å². The van der Waals surface area contributed by atoms with Crippen LogP contribution >= 0.6 is 0 Å². The number of amides is 2. The Balaban J connectivity index is 2.03. The lowest BCUT2D eigenvalue weighted by Crippen LogP contribution is -2.35. The number of carbonyl (C=O) groups is 2. The molecule has 0 aromatic heterocycles. The molecule has 0 aliphatic rings. The van der Waals surface area contributed by atoms with Crippen molar-refractivity contribution < 1.29 is 14.3 Å². The Hall–Kier alpha value is -2.86. The van der Waals surface area contributed by atoms with Gasteiger partial charge in [-0.15, -0.1) is 0 Å². The number of hydrogen-bond acceptors (Lipinski definition) is 4. The van der Waals surface area contributed by atoms with Gasteiger partial charge >= 0.3 is 6.09 Å². The molecule has 162 valence electrons. The Morgan fingerprint density at radius 2 is 1.87 bits per heavy atom. The van der Waals surface area contributed by atoms with Gasteiger partial charge in [0.15, 0.2) is 0 Å². The summed E-state index contributed by atoms with van der Waals surface area (Å²) in [6.45, 7) is 9.44. The van der Waals surface area contributed by atoms with Crippen LogP contribution < -0.4 is 10.6 Å². The third-order valence-electron chi connectivity index (χ3n) is 4.60. The minimum atomic E-state index is -0.460. The number of nitrogens with one attached hydrogen (secondary N) is 2. The van der Waals surface area contributed by atoms with Crippen molar-refractivity contribution in [1.29, 1.82) is 0 Å². The summed E-state index contributed by atoms with van der Waals surface area (Å²) >= 11 is 0. The summed E-state index contributed by atoms with van der Waals surface area (Å²) < 4.78 is 5.83. The van der Waals surface area contributed by atoms with Gasteiger partial charge in [0.25, 0.3) is 0 Å². The molecule has 2 amide bonds. The van der Waals surface area contributed by atoms with Crippen LogP contribution in [0.25, 0.3) is 0 Å². The summed E-state index contributed by atoms with van der Waals surface area (Å²) in [6.07, 6.45) is 0.869. The van der Waals surface area contributed by atoms with E-state index in [2.05, 4.69) is 36.3 Å². The summed E-state index contributed by atoms with van der Waals surface area (Å²) in [5.41, 5.74) is 2.54. The van der Waals surface area contributed by atoms with Crippen LogP contribution in [0.3, 0.4) is 0 Å². The largest absolute Gasteiger partial charge is 0.440 e. The van der Waals surface area contributed by atoms with Gasteiger partial charge in [-0.1, -0.05) is 63.2 Å². The fraction of sp³-hybridized carbons (Fsp3) is 0.417. The lowest BCUT2D eigenvalue weighted by Gasteiger charge is -2.28. The number of rotatable bonds is 12. The van der Waals surface area contributed by atoms with Crippen molar-refractivity contribution in [2.24, 2.45) is 5.92 Å². The van der Waals surface area contributed by atoms with E-state index in [1.54, 1.807) is 6.07 Å². The summed E-state index contributed by atoms with van der Waals surface area (Å²) in [7, 11) is 0. The normalized spacial score (nSPS) is 11.9. The molecule has 1 atom stereocenters. The number of hydrogen-bond donors (Lipinski definition) is 2. The quantitative estimate of drug-likeness (QED) is 0.501. The standard InChI is InChI=1S/C24H33N3O3/c1-4-13-27(16-19(2)3)17-23(21-10-6-5-7-11-21)30-24(29)25-15-20-9-8-12-22(14-20)26-18-28/h5-12,14,18-19,23H,4,13,15-17H2,1-3H3,(H,25,29)(H,26,28).